The number of nitrogens with one attached hydrogen (secondary N) is 2. The number of nitrogen functional groups attached to an aromatic ring is 1. The van der Waals surface area contributed by atoms with Gasteiger partial charge in [-0.15, -0.1) is 0 Å². The first-order chi connectivity index (χ1) is 9.22. The Balaban J connectivity index is 2.00. The van der Waals surface area contributed by atoms with Gasteiger partial charge in [0.05, 0.1) is 6.10 Å². The third-order valence-corrected chi connectivity index (χ3v) is 3.36. The number of aliphatic hydroxyl groups is 1. The smallest absolute Gasteiger partial charge is 0.158 e. The lowest BCUT2D eigenvalue weighted by molar-refractivity contribution is 0.138. The standard InChI is InChI=1S/C12H21N5O2/c1-19-7-12-15-10(5-11(16-12)17-13)14-6-8-3-2-4-9(8)18/h5,8-9,18H,2-4,6-7,13H2,1H3,(H2,14,15,16,17). The van der Waals surface area contributed by atoms with E-state index in [0.717, 1.165) is 19.3 Å². The van der Waals surface area contributed by atoms with Crippen LogP contribution in [0.15, 0.2) is 6.07 Å². The molecule has 2 unspecified atom stereocenters. The maximum Gasteiger partial charge on any atom is 0.158 e. The van der Waals surface area contributed by atoms with Crippen molar-refractivity contribution in [1.29, 1.82) is 0 Å². The fourth-order valence-electron chi connectivity index (χ4n) is 2.35. The van der Waals surface area contributed by atoms with Crippen molar-refractivity contribution < 1.29 is 9.84 Å². The van der Waals surface area contributed by atoms with E-state index in [2.05, 4.69) is 20.7 Å². The van der Waals surface area contributed by atoms with Gasteiger partial charge in [-0.25, -0.2) is 15.8 Å². The summed E-state index contributed by atoms with van der Waals surface area (Å²) >= 11 is 0. The van der Waals surface area contributed by atoms with Gasteiger partial charge in [-0.05, 0) is 12.8 Å². The summed E-state index contributed by atoms with van der Waals surface area (Å²) < 4.78 is 5.02. The normalized spacial score (nSPS) is 22.5. The number of ether oxygens (including phenoxy) is 1. The maximum absolute atomic E-state index is 9.78. The van der Waals surface area contributed by atoms with Crippen LogP contribution in [0.3, 0.4) is 0 Å². The lowest BCUT2D eigenvalue weighted by Crippen LogP contribution is -2.22. The van der Waals surface area contributed by atoms with E-state index in [-0.39, 0.29) is 12.0 Å². The molecule has 7 heteroatoms. The Bertz CT molecular complexity index is 415. The summed E-state index contributed by atoms with van der Waals surface area (Å²) in [6.07, 6.45) is 2.81. The summed E-state index contributed by atoms with van der Waals surface area (Å²) in [6.45, 7) is 1.03. The molecule has 1 aliphatic carbocycles. The van der Waals surface area contributed by atoms with E-state index in [9.17, 15) is 5.11 Å². The van der Waals surface area contributed by atoms with Gasteiger partial charge in [-0.2, -0.15) is 0 Å². The van der Waals surface area contributed by atoms with Crippen molar-refractivity contribution in [3.05, 3.63) is 11.9 Å². The van der Waals surface area contributed by atoms with Gasteiger partial charge in [0, 0.05) is 25.6 Å². The van der Waals surface area contributed by atoms with Crippen LogP contribution in [0.25, 0.3) is 0 Å². The van der Waals surface area contributed by atoms with Crippen LogP contribution in [-0.2, 0) is 11.3 Å². The number of rotatable bonds is 6. The van der Waals surface area contributed by atoms with E-state index in [4.69, 9.17) is 10.6 Å². The van der Waals surface area contributed by atoms with E-state index in [1.807, 2.05) is 0 Å². The second-order valence-electron chi connectivity index (χ2n) is 4.77. The van der Waals surface area contributed by atoms with Gasteiger partial charge in [0.2, 0.25) is 0 Å². The van der Waals surface area contributed by atoms with Crippen molar-refractivity contribution >= 4 is 11.6 Å². The molecule has 2 rings (SSSR count). The lowest BCUT2D eigenvalue weighted by atomic mass is 10.1. The molecule has 19 heavy (non-hydrogen) atoms. The predicted molar refractivity (Wildman–Crippen MR) is 72.4 cm³/mol. The SMILES string of the molecule is COCc1nc(NN)cc(NCC2CCCC2O)n1. The maximum atomic E-state index is 9.78. The number of methoxy groups -OCH3 is 1. The van der Waals surface area contributed by atoms with Crippen molar-refractivity contribution in [3.63, 3.8) is 0 Å². The van der Waals surface area contributed by atoms with Gasteiger partial charge < -0.3 is 20.6 Å². The van der Waals surface area contributed by atoms with Crippen LogP contribution >= 0.6 is 0 Å². The minimum Gasteiger partial charge on any atom is -0.393 e. The second kappa shape index (κ2) is 6.65. The van der Waals surface area contributed by atoms with Crippen LogP contribution in [-0.4, -0.2) is 34.8 Å². The number of nitrogens with zero attached hydrogens (tertiary/aromatic N) is 2. The van der Waals surface area contributed by atoms with Crippen molar-refractivity contribution in [1.82, 2.24) is 9.97 Å². The van der Waals surface area contributed by atoms with Crippen LogP contribution in [0, 0.1) is 5.92 Å². The van der Waals surface area contributed by atoms with E-state index in [1.165, 1.54) is 0 Å². The van der Waals surface area contributed by atoms with Gasteiger partial charge in [0.1, 0.15) is 18.2 Å². The van der Waals surface area contributed by atoms with Crippen molar-refractivity contribution in [2.45, 2.75) is 32.0 Å². The molecule has 0 aromatic carbocycles. The highest BCUT2D eigenvalue weighted by Gasteiger charge is 2.24. The fraction of sp³-hybridized carbons (Fsp3) is 0.667. The predicted octanol–water partition coefficient (Wildman–Crippen LogP) is 0.481. The van der Waals surface area contributed by atoms with Crippen LogP contribution in [0.5, 0.6) is 0 Å². The first-order valence-electron chi connectivity index (χ1n) is 6.48. The van der Waals surface area contributed by atoms with E-state index in [0.29, 0.717) is 30.6 Å². The molecule has 1 saturated carbocycles. The van der Waals surface area contributed by atoms with E-state index in [1.54, 1.807) is 13.2 Å². The molecule has 1 aliphatic rings. The minimum absolute atomic E-state index is 0.208. The molecule has 0 radical (unpaired) electrons. The second-order valence-corrected chi connectivity index (χ2v) is 4.77. The molecule has 0 aliphatic heterocycles. The van der Waals surface area contributed by atoms with E-state index < -0.39 is 0 Å². The number of anilines is 2. The Morgan fingerprint density at radius 1 is 1.42 bits per heavy atom. The molecule has 0 bridgehead atoms. The Kier molecular flexibility index (Phi) is 4.89. The number of hydrazine groups is 1. The minimum atomic E-state index is -0.208. The number of aromatic nitrogens is 2. The Hall–Kier alpha value is -1.44. The average molecular weight is 267 g/mol. The summed E-state index contributed by atoms with van der Waals surface area (Å²) in [5, 5.41) is 13.0. The van der Waals surface area contributed by atoms with Crippen LogP contribution in [0.4, 0.5) is 11.6 Å². The topological polar surface area (TPSA) is 105 Å². The number of aliphatic hydroxyl groups excluding tert-OH is 1. The zero-order chi connectivity index (χ0) is 13.7. The third kappa shape index (κ3) is 3.76. The highest BCUT2D eigenvalue weighted by molar-refractivity contribution is 5.46. The fourth-order valence-corrected chi connectivity index (χ4v) is 2.35. The lowest BCUT2D eigenvalue weighted by Gasteiger charge is -2.16. The molecule has 1 aromatic heterocycles. The summed E-state index contributed by atoms with van der Waals surface area (Å²) in [7, 11) is 1.59. The molecule has 106 valence electrons. The molecule has 1 heterocycles. The van der Waals surface area contributed by atoms with Gasteiger partial charge >= 0.3 is 0 Å². The molecular weight excluding hydrogens is 246 g/mol. The van der Waals surface area contributed by atoms with Crippen LogP contribution in [0.1, 0.15) is 25.1 Å². The highest BCUT2D eigenvalue weighted by Crippen LogP contribution is 2.25. The summed E-state index contributed by atoms with van der Waals surface area (Å²) in [4.78, 5) is 8.51. The molecule has 0 spiro atoms. The molecule has 7 nitrogen and oxygen atoms in total. The molecule has 5 N–H and O–H groups in total. The number of hydrogen-bond acceptors (Lipinski definition) is 7. The summed E-state index contributed by atoms with van der Waals surface area (Å²) in [5.74, 6) is 7.45. The zero-order valence-corrected chi connectivity index (χ0v) is 11.1. The van der Waals surface area contributed by atoms with Gasteiger partial charge in [0.15, 0.2) is 5.82 Å². The molecule has 0 saturated heterocycles. The van der Waals surface area contributed by atoms with Gasteiger partial charge in [-0.1, -0.05) is 6.42 Å². The van der Waals surface area contributed by atoms with Crippen molar-refractivity contribution in [2.24, 2.45) is 11.8 Å². The first kappa shape index (κ1) is 14.0. The monoisotopic (exact) mass is 267 g/mol. The van der Waals surface area contributed by atoms with Gasteiger partial charge in [-0.3, -0.25) is 0 Å². The first-order valence-corrected chi connectivity index (χ1v) is 6.48. The van der Waals surface area contributed by atoms with Gasteiger partial charge in [0.25, 0.3) is 0 Å². The number of nitrogens with two attached hydrogens (primary N) is 1. The Morgan fingerprint density at radius 2 is 2.21 bits per heavy atom. The quantitative estimate of drug-likeness (QED) is 0.439. The molecule has 1 aromatic rings. The average Bonchev–Trinajstić information content (AvgIpc) is 2.82. The Labute approximate surface area is 112 Å². The zero-order valence-electron chi connectivity index (χ0n) is 11.1. The van der Waals surface area contributed by atoms with E-state index >= 15 is 0 Å². The molecule has 1 fully saturated rings. The molecule has 2 atom stereocenters. The largest absolute Gasteiger partial charge is 0.393 e. The molecule has 0 amide bonds. The van der Waals surface area contributed by atoms with Crippen LogP contribution in [0.2, 0.25) is 0 Å². The summed E-state index contributed by atoms with van der Waals surface area (Å²) in [5.41, 5.74) is 2.51. The number of hydrogen-bond donors (Lipinski definition) is 4. The summed E-state index contributed by atoms with van der Waals surface area (Å²) in [6, 6.07) is 1.74. The third-order valence-electron chi connectivity index (χ3n) is 3.36. The Morgan fingerprint density at radius 3 is 2.84 bits per heavy atom. The van der Waals surface area contributed by atoms with Crippen LogP contribution < -0.4 is 16.6 Å². The highest BCUT2D eigenvalue weighted by atomic mass is 16.5. The van der Waals surface area contributed by atoms with Crippen molar-refractivity contribution in [2.75, 3.05) is 24.4 Å². The van der Waals surface area contributed by atoms with Crippen molar-refractivity contribution in [3.8, 4) is 0 Å². The molecular formula is C12H21N5O2.